The molecule has 1 N–H and O–H groups in total. The van der Waals surface area contributed by atoms with Crippen molar-refractivity contribution in [3.05, 3.63) is 28.2 Å². The first kappa shape index (κ1) is 14.9. The predicted molar refractivity (Wildman–Crippen MR) is 71.8 cm³/mol. The Morgan fingerprint density at radius 2 is 2.17 bits per heavy atom. The second-order valence-corrected chi connectivity index (χ2v) is 4.56. The first-order valence-electron chi connectivity index (χ1n) is 6.46. The Bertz CT molecular complexity index is 401. The summed E-state index contributed by atoms with van der Waals surface area (Å²) in [7, 11) is 0. The summed E-state index contributed by atoms with van der Waals surface area (Å²) in [4.78, 5) is 11.5. The fraction of sp³-hybridized carbons (Fsp3) is 0.692. The zero-order valence-corrected chi connectivity index (χ0v) is 11.5. The molecule has 0 radical (unpaired) electrons. The van der Waals surface area contributed by atoms with Crippen molar-refractivity contribution in [3.8, 4) is 0 Å². The van der Waals surface area contributed by atoms with Gasteiger partial charge in [-0.25, -0.2) is 4.68 Å². The van der Waals surface area contributed by atoms with Crippen molar-refractivity contribution in [3.63, 3.8) is 0 Å². The summed E-state index contributed by atoms with van der Waals surface area (Å²) >= 11 is 0. The predicted octanol–water partition coefficient (Wildman–Crippen LogP) is 0.956. The van der Waals surface area contributed by atoms with Crippen LogP contribution in [0.4, 0.5) is 0 Å². The van der Waals surface area contributed by atoms with Gasteiger partial charge in [-0.3, -0.25) is 4.79 Å². The molecule has 0 bridgehead atoms. The molecule has 0 saturated heterocycles. The van der Waals surface area contributed by atoms with E-state index >= 15 is 0 Å². The number of hydrogen-bond donors (Lipinski definition) is 1. The van der Waals surface area contributed by atoms with Crippen LogP contribution in [0.2, 0.25) is 0 Å². The number of aryl methyl sites for hydroxylation is 1. The van der Waals surface area contributed by atoms with Crippen LogP contribution in [0.1, 0.15) is 26.0 Å². The van der Waals surface area contributed by atoms with Crippen LogP contribution in [0, 0.1) is 6.92 Å². The van der Waals surface area contributed by atoms with Crippen molar-refractivity contribution in [2.75, 3.05) is 19.7 Å². The molecule has 0 atom stereocenters. The molecule has 5 heteroatoms. The Morgan fingerprint density at radius 3 is 2.89 bits per heavy atom. The Kier molecular flexibility index (Phi) is 6.60. The molecule has 0 aliphatic heterocycles. The zero-order chi connectivity index (χ0) is 13.4. The maximum atomic E-state index is 11.5. The minimum atomic E-state index is -0.0504. The molecule has 0 fully saturated rings. The van der Waals surface area contributed by atoms with Crippen molar-refractivity contribution in [2.24, 2.45) is 0 Å². The average molecular weight is 253 g/mol. The van der Waals surface area contributed by atoms with Crippen LogP contribution in [0.3, 0.4) is 0 Å². The normalized spacial score (nSPS) is 11.1. The van der Waals surface area contributed by atoms with E-state index in [-0.39, 0.29) is 5.56 Å². The van der Waals surface area contributed by atoms with E-state index in [4.69, 9.17) is 4.74 Å². The monoisotopic (exact) mass is 253 g/mol. The quantitative estimate of drug-likeness (QED) is 0.701. The molecule has 0 aliphatic rings. The zero-order valence-electron chi connectivity index (χ0n) is 11.5. The lowest BCUT2D eigenvalue weighted by Crippen LogP contribution is -2.29. The molecule has 102 valence electrons. The van der Waals surface area contributed by atoms with Crippen LogP contribution in [0.25, 0.3) is 0 Å². The molecule has 0 spiro atoms. The third-order valence-corrected chi connectivity index (χ3v) is 2.45. The number of nitrogens with zero attached hydrogens (tertiary/aromatic N) is 2. The number of rotatable bonds is 8. The van der Waals surface area contributed by atoms with E-state index in [2.05, 4.69) is 10.4 Å². The van der Waals surface area contributed by atoms with Gasteiger partial charge in [-0.2, -0.15) is 5.10 Å². The Morgan fingerprint density at radius 1 is 1.39 bits per heavy atom. The van der Waals surface area contributed by atoms with Crippen LogP contribution in [0.5, 0.6) is 0 Å². The molecule has 5 nitrogen and oxygen atoms in total. The van der Waals surface area contributed by atoms with Crippen LogP contribution < -0.4 is 10.9 Å². The van der Waals surface area contributed by atoms with Crippen molar-refractivity contribution in [2.45, 2.75) is 39.8 Å². The van der Waals surface area contributed by atoms with Crippen molar-refractivity contribution >= 4 is 0 Å². The first-order valence-corrected chi connectivity index (χ1v) is 6.46. The van der Waals surface area contributed by atoms with Crippen molar-refractivity contribution in [1.82, 2.24) is 15.1 Å². The van der Waals surface area contributed by atoms with Gasteiger partial charge in [0.2, 0.25) is 0 Å². The van der Waals surface area contributed by atoms with Crippen LogP contribution in [-0.4, -0.2) is 35.6 Å². The van der Waals surface area contributed by atoms with E-state index in [1.54, 1.807) is 12.1 Å². The molecule has 0 unspecified atom stereocenters. The number of aromatic nitrogens is 2. The van der Waals surface area contributed by atoms with Crippen LogP contribution >= 0.6 is 0 Å². The Hall–Kier alpha value is -1.20. The third kappa shape index (κ3) is 5.93. The summed E-state index contributed by atoms with van der Waals surface area (Å²) in [6, 6.07) is 3.29. The standard InChI is InChI=1S/C13H23N3O2/c1-11(2)18-10-4-7-14-8-9-16-13(17)6-5-12(3)15-16/h5-6,11,14H,4,7-10H2,1-3H3. The van der Waals surface area contributed by atoms with Gasteiger partial charge >= 0.3 is 0 Å². The van der Waals surface area contributed by atoms with E-state index in [9.17, 15) is 4.79 Å². The highest BCUT2D eigenvalue weighted by Crippen LogP contribution is 1.89. The smallest absolute Gasteiger partial charge is 0.266 e. The maximum absolute atomic E-state index is 11.5. The van der Waals surface area contributed by atoms with Gasteiger partial charge in [0.15, 0.2) is 0 Å². The van der Waals surface area contributed by atoms with Gasteiger partial charge < -0.3 is 10.1 Å². The summed E-state index contributed by atoms with van der Waals surface area (Å²) in [5.41, 5.74) is 0.811. The topological polar surface area (TPSA) is 56.2 Å². The second kappa shape index (κ2) is 8.00. The lowest BCUT2D eigenvalue weighted by molar-refractivity contribution is 0.0771. The Labute approximate surface area is 108 Å². The molecule has 1 aromatic heterocycles. The minimum Gasteiger partial charge on any atom is -0.379 e. The summed E-state index contributed by atoms with van der Waals surface area (Å²) in [5, 5.41) is 7.44. The van der Waals surface area contributed by atoms with Gasteiger partial charge in [0.1, 0.15) is 0 Å². The largest absolute Gasteiger partial charge is 0.379 e. The second-order valence-electron chi connectivity index (χ2n) is 4.56. The van der Waals surface area contributed by atoms with Gasteiger partial charge in [-0.1, -0.05) is 0 Å². The van der Waals surface area contributed by atoms with E-state index < -0.39 is 0 Å². The van der Waals surface area contributed by atoms with Gasteiger partial charge in [-0.15, -0.1) is 0 Å². The van der Waals surface area contributed by atoms with Gasteiger partial charge in [0.25, 0.3) is 5.56 Å². The van der Waals surface area contributed by atoms with E-state index in [0.29, 0.717) is 12.6 Å². The van der Waals surface area contributed by atoms with Crippen LogP contribution in [0.15, 0.2) is 16.9 Å². The fourth-order valence-corrected chi connectivity index (χ4v) is 1.54. The lowest BCUT2D eigenvalue weighted by atomic mass is 10.4. The molecule has 18 heavy (non-hydrogen) atoms. The summed E-state index contributed by atoms with van der Waals surface area (Å²) in [5.74, 6) is 0. The summed E-state index contributed by atoms with van der Waals surface area (Å²) < 4.78 is 6.93. The molecule has 0 aliphatic carbocycles. The SMILES string of the molecule is Cc1ccc(=O)n(CCNCCCOC(C)C)n1. The minimum absolute atomic E-state index is 0.0504. The van der Waals surface area contributed by atoms with E-state index in [1.807, 2.05) is 20.8 Å². The highest BCUT2D eigenvalue weighted by Gasteiger charge is 1.97. The Balaban J connectivity index is 2.14. The number of ether oxygens (including phenoxy) is 1. The molecule has 0 aromatic carbocycles. The number of nitrogens with one attached hydrogen (secondary N) is 1. The maximum Gasteiger partial charge on any atom is 0.266 e. The molecular formula is C13H23N3O2. The molecular weight excluding hydrogens is 230 g/mol. The van der Waals surface area contributed by atoms with Gasteiger partial charge in [-0.05, 0) is 39.8 Å². The molecule has 1 rings (SSSR count). The highest BCUT2D eigenvalue weighted by molar-refractivity contribution is 4.96. The third-order valence-electron chi connectivity index (χ3n) is 2.45. The molecule has 0 amide bonds. The fourth-order valence-electron chi connectivity index (χ4n) is 1.54. The van der Waals surface area contributed by atoms with Gasteiger partial charge in [0.05, 0.1) is 18.3 Å². The lowest BCUT2D eigenvalue weighted by Gasteiger charge is -2.08. The van der Waals surface area contributed by atoms with Crippen molar-refractivity contribution < 1.29 is 4.74 Å². The molecule has 1 heterocycles. The number of hydrogen-bond acceptors (Lipinski definition) is 4. The molecule has 0 saturated carbocycles. The first-order chi connectivity index (χ1) is 8.59. The average Bonchev–Trinajstić information content (AvgIpc) is 2.32. The van der Waals surface area contributed by atoms with E-state index in [1.165, 1.54) is 4.68 Å². The van der Waals surface area contributed by atoms with Gasteiger partial charge in [0, 0.05) is 19.2 Å². The highest BCUT2D eigenvalue weighted by atomic mass is 16.5. The summed E-state index contributed by atoms with van der Waals surface area (Å²) in [6.45, 7) is 8.96. The van der Waals surface area contributed by atoms with E-state index in [0.717, 1.165) is 31.8 Å². The van der Waals surface area contributed by atoms with Crippen molar-refractivity contribution in [1.29, 1.82) is 0 Å². The summed E-state index contributed by atoms with van der Waals surface area (Å²) in [6.07, 6.45) is 1.27. The molecule has 1 aromatic rings. The van der Waals surface area contributed by atoms with Crippen LogP contribution in [-0.2, 0) is 11.3 Å².